The monoisotopic (exact) mass is 207 g/mol. The van der Waals surface area contributed by atoms with Crippen molar-refractivity contribution in [3.63, 3.8) is 0 Å². The molecule has 0 atom stereocenters. The van der Waals surface area contributed by atoms with Crippen LogP contribution in [0.25, 0.3) is 6.08 Å². The number of hydrogen-bond donors (Lipinski definition) is 3. The Kier molecular flexibility index (Phi) is 3.07. The van der Waals surface area contributed by atoms with Gasteiger partial charge in [-0.1, -0.05) is 0 Å². The van der Waals surface area contributed by atoms with Crippen molar-refractivity contribution < 1.29 is 19.8 Å². The van der Waals surface area contributed by atoms with Gasteiger partial charge in [0.25, 0.3) is 0 Å². The fourth-order valence-corrected chi connectivity index (χ4v) is 1.00. The highest BCUT2D eigenvalue weighted by molar-refractivity contribution is 5.94. The molecule has 4 N–H and O–H groups in total. The second-order valence-corrected chi connectivity index (χ2v) is 2.81. The minimum absolute atomic E-state index is 0.113. The summed E-state index contributed by atoms with van der Waals surface area (Å²) in [5.41, 5.74) is 5.46. The van der Waals surface area contributed by atoms with Crippen LogP contribution in [0.15, 0.2) is 24.3 Å². The SMILES string of the molecule is NC(=O)c1ccc(O)c(/C=C\C(=O)O)c1. The van der Waals surface area contributed by atoms with Crippen LogP contribution in [0.3, 0.4) is 0 Å². The van der Waals surface area contributed by atoms with E-state index in [0.717, 1.165) is 6.08 Å². The predicted octanol–water partition coefficient (Wildman–Crippen LogP) is 0.589. The third-order valence-corrected chi connectivity index (χ3v) is 1.72. The Morgan fingerprint density at radius 3 is 2.53 bits per heavy atom. The van der Waals surface area contributed by atoms with Gasteiger partial charge in [-0.05, 0) is 24.3 Å². The molecular formula is C10H9NO4. The lowest BCUT2D eigenvalue weighted by Crippen LogP contribution is -2.10. The van der Waals surface area contributed by atoms with Crippen molar-refractivity contribution in [2.75, 3.05) is 0 Å². The van der Waals surface area contributed by atoms with E-state index >= 15 is 0 Å². The Morgan fingerprint density at radius 1 is 1.33 bits per heavy atom. The Bertz CT molecular complexity index is 437. The summed E-state index contributed by atoms with van der Waals surface area (Å²) >= 11 is 0. The number of amides is 1. The molecule has 0 aromatic heterocycles. The highest BCUT2D eigenvalue weighted by Crippen LogP contribution is 2.19. The summed E-state index contributed by atoms with van der Waals surface area (Å²) in [5, 5.41) is 17.7. The zero-order valence-electron chi connectivity index (χ0n) is 7.68. The molecule has 0 aliphatic carbocycles. The van der Waals surface area contributed by atoms with Gasteiger partial charge in [0, 0.05) is 17.2 Å². The van der Waals surface area contributed by atoms with Gasteiger partial charge in [-0.15, -0.1) is 0 Å². The number of carbonyl (C=O) groups excluding carboxylic acids is 1. The summed E-state index contributed by atoms with van der Waals surface area (Å²) in [4.78, 5) is 21.0. The van der Waals surface area contributed by atoms with E-state index in [1.807, 2.05) is 0 Å². The largest absolute Gasteiger partial charge is 0.507 e. The van der Waals surface area contributed by atoms with E-state index in [9.17, 15) is 14.7 Å². The van der Waals surface area contributed by atoms with Gasteiger partial charge >= 0.3 is 5.97 Å². The molecule has 15 heavy (non-hydrogen) atoms. The number of carboxylic acids is 1. The average Bonchev–Trinajstić information content (AvgIpc) is 2.16. The first kappa shape index (κ1) is 10.8. The van der Waals surface area contributed by atoms with Crippen LogP contribution in [-0.4, -0.2) is 22.1 Å². The topological polar surface area (TPSA) is 101 Å². The third kappa shape index (κ3) is 2.84. The molecule has 0 aliphatic heterocycles. The molecule has 0 bridgehead atoms. The number of aliphatic carboxylic acids is 1. The molecule has 0 radical (unpaired) electrons. The average molecular weight is 207 g/mol. The second kappa shape index (κ2) is 4.28. The number of carboxylic acid groups (broad SMARTS) is 1. The van der Waals surface area contributed by atoms with E-state index in [-0.39, 0.29) is 16.9 Å². The second-order valence-electron chi connectivity index (χ2n) is 2.81. The van der Waals surface area contributed by atoms with Crippen molar-refractivity contribution >= 4 is 18.0 Å². The standard InChI is InChI=1S/C10H9NO4/c11-10(15)7-1-3-8(12)6(5-7)2-4-9(13)14/h1-5,12H,(H2,11,15)(H,13,14)/b4-2-. The molecule has 0 spiro atoms. The zero-order valence-corrected chi connectivity index (χ0v) is 7.68. The quantitative estimate of drug-likeness (QED) is 0.631. The molecule has 1 rings (SSSR count). The Labute approximate surface area is 85.5 Å². The number of hydrogen-bond acceptors (Lipinski definition) is 3. The minimum Gasteiger partial charge on any atom is -0.507 e. The molecule has 5 heteroatoms. The lowest BCUT2D eigenvalue weighted by molar-refractivity contribution is -0.131. The van der Waals surface area contributed by atoms with Crippen molar-refractivity contribution in [3.05, 3.63) is 35.4 Å². The highest BCUT2D eigenvalue weighted by atomic mass is 16.4. The molecule has 0 saturated heterocycles. The smallest absolute Gasteiger partial charge is 0.328 e. The summed E-state index contributed by atoms with van der Waals surface area (Å²) < 4.78 is 0. The zero-order chi connectivity index (χ0) is 11.4. The molecular weight excluding hydrogens is 198 g/mol. The number of benzene rings is 1. The van der Waals surface area contributed by atoms with Gasteiger partial charge in [0.15, 0.2) is 0 Å². The van der Waals surface area contributed by atoms with E-state index < -0.39 is 11.9 Å². The molecule has 1 aromatic rings. The molecule has 1 amide bonds. The van der Waals surface area contributed by atoms with Crippen LogP contribution in [0.2, 0.25) is 0 Å². The lowest BCUT2D eigenvalue weighted by atomic mass is 10.1. The molecule has 0 fully saturated rings. The van der Waals surface area contributed by atoms with E-state index in [4.69, 9.17) is 10.8 Å². The third-order valence-electron chi connectivity index (χ3n) is 1.72. The van der Waals surface area contributed by atoms with Gasteiger partial charge < -0.3 is 15.9 Å². The summed E-state index contributed by atoms with van der Waals surface area (Å²) in [6.07, 6.45) is 2.05. The van der Waals surface area contributed by atoms with E-state index in [1.165, 1.54) is 24.3 Å². The van der Waals surface area contributed by atoms with Gasteiger partial charge in [-0.2, -0.15) is 0 Å². The number of nitrogens with two attached hydrogens (primary N) is 1. The van der Waals surface area contributed by atoms with Gasteiger partial charge in [-0.3, -0.25) is 4.79 Å². The summed E-state index contributed by atoms with van der Waals surface area (Å²) in [7, 11) is 0. The fourth-order valence-electron chi connectivity index (χ4n) is 1.00. The van der Waals surface area contributed by atoms with Crippen LogP contribution >= 0.6 is 0 Å². The van der Waals surface area contributed by atoms with Crippen LogP contribution in [0.1, 0.15) is 15.9 Å². The molecule has 78 valence electrons. The lowest BCUT2D eigenvalue weighted by Gasteiger charge is -2.00. The van der Waals surface area contributed by atoms with E-state index in [1.54, 1.807) is 0 Å². The number of phenolic OH excluding ortho intramolecular Hbond substituents is 1. The molecule has 5 nitrogen and oxygen atoms in total. The first-order chi connectivity index (χ1) is 7.00. The van der Waals surface area contributed by atoms with Gasteiger partial charge in [-0.25, -0.2) is 4.79 Å². The molecule has 0 heterocycles. The minimum atomic E-state index is -1.14. The maximum absolute atomic E-state index is 10.8. The molecule has 0 unspecified atom stereocenters. The van der Waals surface area contributed by atoms with E-state index in [2.05, 4.69) is 0 Å². The predicted molar refractivity (Wildman–Crippen MR) is 53.3 cm³/mol. The maximum atomic E-state index is 10.8. The summed E-state index contributed by atoms with van der Waals surface area (Å²) in [6, 6.07) is 3.95. The number of rotatable bonds is 3. The van der Waals surface area contributed by atoms with Crippen LogP contribution in [-0.2, 0) is 4.79 Å². The van der Waals surface area contributed by atoms with Crippen LogP contribution in [0.5, 0.6) is 5.75 Å². The Hall–Kier alpha value is -2.30. The highest BCUT2D eigenvalue weighted by Gasteiger charge is 2.04. The normalized spacial score (nSPS) is 10.4. The van der Waals surface area contributed by atoms with Gasteiger partial charge in [0.2, 0.25) is 5.91 Å². The van der Waals surface area contributed by atoms with Crippen molar-refractivity contribution in [2.24, 2.45) is 5.73 Å². The van der Waals surface area contributed by atoms with Crippen LogP contribution in [0, 0.1) is 0 Å². The number of carbonyl (C=O) groups is 2. The van der Waals surface area contributed by atoms with Crippen molar-refractivity contribution in [3.8, 4) is 5.75 Å². The number of phenols is 1. The van der Waals surface area contributed by atoms with Crippen LogP contribution in [0.4, 0.5) is 0 Å². The summed E-state index contributed by atoms with van der Waals surface area (Å²) in [5.74, 6) is -1.89. The molecule has 0 aliphatic rings. The maximum Gasteiger partial charge on any atom is 0.328 e. The number of aromatic hydroxyl groups is 1. The Balaban J connectivity index is 3.11. The number of primary amides is 1. The van der Waals surface area contributed by atoms with Gasteiger partial charge in [0.05, 0.1) is 0 Å². The van der Waals surface area contributed by atoms with Crippen LogP contribution < -0.4 is 5.73 Å². The van der Waals surface area contributed by atoms with Crippen molar-refractivity contribution in [1.29, 1.82) is 0 Å². The van der Waals surface area contributed by atoms with Gasteiger partial charge in [0.1, 0.15) is 5.75 Å². The molecule has 0 saturated carbocycles. The molecule has 1 aromatic carbocycles. The fraction of sp³-hybridized carbons (Fsp3) is 0. The van der Waals surface area contributed by atoms with E-state index in [0.29, 0.717) is 0 Å². The first-order valence-electron chi connectivity index (χ1n) is 4.04. The van der Waals surface area contributed by atoms with Crippen molar-refractivity contribution in [1.82, 2.24) is 0 Å². The summed E-state index contributed by atoms with van der Waals surface area (Å²) in [6.45, 7) is 0. The first-order valence-corrected chi connectivity index (χ1v) is 4.04. The van der Waals surface area contributed by atoms with Crippen molar-refractivity contribution in [2.45, 2.75) is 0 Å². The Morgan fingerprint density at radius 2 is 2.00 bits per heavy atom.